The summed E-state index contributed by atoms with van der Waals surface area (Å²) in [5, 5.41) is 11.4. The molecular formula is C15H28N6O. The van der Waals surface area contributed by atoms with Gasteiger partial charge in [-0.2, -0.15) is 0 Å². The van der Waals surface area contributed by atoms with Crippen LogP contribution in [0.3, 0.4) is 0 Å². The summed E-state index contributed by atoms with van der Waals surface area (Å²) >= 11 is 0. The van der Waals surface area contributed by atoms with Crippen molar-refractivity contribution >= 4 is 5.96 Å². The first-order chi connectivity index (χ1) is 10.7. The van der Waals surface area contributed by atoms with Crippen LogP contribution in [-0.2, 0) is 17.7 Å². The van der Waals surface area contributed by atoms with Crippen LogP contribution < -0.4 is 5.32 Å². The Kier molecular flexibility index (Phi) is 6.64. The van der Waals surface area contributed by atoms with E-state index in [9.17, 15) is 0 Å². The highest BCUT2D eigenvalue weighted by molar-refractivity contribution is 5.79. The lowest BCUT2D eigenvalue weighted by molar-refractivity contribution is 0.181. The van der Waals surface area contributed by atoms with Gasteiger partial charge in [0.2, 0.25) is 0 Å². The van der Waals surface area contributed by atoms with Gasteiger partial charge < -0.3 is 19.5 Å². The van der Waals surface area contributed by atoms with E-state index in [4.69, 9.17) is 9.73 Å². The number of guanidine groups is 1. The second-order valence-electron chi connectivity index (χ2n) is 5.64. The van der Waals surface area contributed by atoms with Gasteiger partial charge in [0.05, 0.1) is 13.2 Å². The summed E-state index contributed by atoms with van der Waals surface area (Å²) in [6.07, 6.45) is 3.82. The molecule has 2 rings (SSSR count). The van der Waals surface area contributed by atoms with Crippen LogP contribution in [0.5, 0.6) is 0 Å². The van der Waals surface area contributed by atoms with Gasteiger partial charge in [0, 0.05) is 45.6 Å². The number of nitrogens with zero attached hydrogens (tertiary/aromatic N) is 5. The molecule has 0 radical (unpaired) electrons. The number of rotatable bonds is 7. The zero-order valence-corrected chi connectivity index (χ0v) is 14.0. The van der Waals surface area contributed by atoms with Crippen LogP contribution in [0.25, 0.3) is 0 Å². The minimum atomic E-state index is 0.610. The summed E-state index contributed by atoms with van der Waals surface area (Å²) in [6, 6.07) is 0. The standard InChI is InChI=1S/C15H28N6O/c1-4-14-19-18-12-21(14)8-7-17-15(16-5-2)20(3)10-13-6-9-22-11-13/h12-13H,4-11H2,1-3H3,(H,16,17). The molecule has 0 aromatic carbocycles. The molecule has 1 saturated heterocycles. The molecule has 2 heterocycles. The van der Waals surface area contributed by atoms with E-state index in [2.05, 4.69) is 45.9 Å². The molecule has 0 spiro atoms. The van der Waals surface area contributed by atoms with E-state index in [1.807, 2.05) is 0 Å². The van der Waals surface area contributed by atoms with Gasteiger partial charge in [-0.1, -0.05) is 6.92 Å². The van der Waals surface area contributed by atoms with Crippen LogP contribution in [-0.4, -0.2) is 65.5 Å². The molecule has 1 fully saturated rings. The predicted octanol–water partition coefficient (Wildman–Crippen LogP) is 0.774. The van der Waals surface area contributed by atoms with Crippen LogP contribution in [0.1, 0.15) is 26.1 Å². The van der Waals surface area contributed by atoms with Crippen molar-refractivity contribution < 1.29 is 4.74 Å². The molecule has 1 unspecified atom stereocenters. The van der Waals surface area contributed by atoms with Crippen molar-refractivity contribution in [1.82, 2.24) is 25.0 Å². The number of ether oxygens (including phenoxy) is 1. The summed E-state index contributed by atoms with van der Waals surface area (Å²) in [4.78, 5) is 6.92. The first kappa shape index (κ1) is 16.7. The Hall–Kier alpha value is -1.63. The fraction of sp³-hybridized carbons (Fsp3) is 0.800. The molecule has 7 nitrogen and oxygen atoms in total. The highest BCUT2D eigenvalue weighted by Crippen LogP contribution is 2.13. The Balaban J connectivity index is 1.88. The first-order valence-corrected chi connectivity index (χ1v) is 8.18. The fourth-order valence-electron chi connectivity index (χ4n) is 2.67. The molecule has 7 heteroatoms. The average molecular weight is 308 g/mol. The topological polar surface area (TPSA) is 67.6 Å². The van der Waals surface area contributed by atoms with Crippen molar-refractivity contribution in [2.45, 2.75) is 33.2 Å². The lowest BCUT2D eigenvalue weighted by atomic mass is 10.1. The number of aliphatic imine (C=N–C) groups is 1. The van der Waals surface area contributed by atoms with Crippen LogP contribution in [0.2, 0.25) is 0 Å². The minimum Gasteiger partial charge on any atom is -0.381 e. The number of nitrogens with one attached hydrogen (secondary N) is 1. The largest absolute Gasteiger partial charge is 0.381 e. The van der Waals surface area contributed by atoms with Crippen molar-refractivity contribution in [3.63, 3.8) is 0 Å². The molecule has 1 aliphatic rings. The van der Waals surface area contributed by atoms with Crippen molar-refractivity contribution in [3.8, 4) is 0 Å². The Morgan fingerprint density at radius 3 is 3.09 bits per heavy atom. The number of aromatic nitrogens is 3. The maximum atomic E-state index is 5.45. The van der Waals surface area contributed by atoms with E-state index in [0.717, 1.165) is 64.0 Å². The van der Waals surface area contributed by atoms with Gasteiger partial charge in [0.25, 0.3) is 0 Å². The molecule has 124 valence electrons. The molecular weight excluding hydrogens is 280 g/mol. The Labute approximate surface area is 132 Å². The van der Waals surface area contributed by atoms with Crippen molar-refractivity contribution in [2.24, 2.45) is 10.9 Å². The lowest BCUT2D eigenvalue weighted by Crippen LogP contribution is -2.41. The highest BCUT2D eigenvalue weighted by Gasteiger charge is 2.18. The van der Waals surface area contributed by atoms with Gasteiger partial charge in [-0.3, -0.25) is 4.99 Å². The number of hydrogen-bond acceptors (Lipinski definition) is 4. The molecule has 0 amide bonds. The Bertz CT molecular complexity index is 466. The van der Waals surface area contributed by atoms with Gasteiger partial charge >= 0.3 is 0 Å². The molecule has 0 saturated carbocycles. The van der Waals surface area contributed by atoms with E-state index < -0.39 is 0 Å². The highest BCUT2D eigenvalue weighted by atomic mass is 16.5. The third-order valence-corrected chi connectivity index (χ3v) is 3.87. The van der Waals surface area contributed by atoms with Crippen LogP contribution in [0.15, 0.2) is 11.3 Å². The second kappa shape index (κ2) is 8.73. The van der Waals surface area contributed by atoms with E-state index in [1.54, 1.807) is 6.33 Å². The Morgan fingerprint density at radius 2 is 2.41 bits per heavy atom. The molecule has 0 aliphatic carbocycles. The van der Waals surface area contributed by atoms with Gasteiger partial charge in [0.15, 0.2) is 5.96 Å². The van der Waals surface area contributed by atoms with Crippen molar-refractivity contribution in [1.29, 1.82) is 0 Å². The van der Waals surface area contributed by atoms with Gasteiger partial charge in [-0.05, 0) is 13.3 Å². The van der Waals surface area contributed by atoms with Crippen LogP contribution >= 0.6 is 0 Å². The zero-order valence-electron chi connectivity index (χ0n) is 14.0. The SMILES string of the molecule is CCNC(=NCCn1cnnc1CC)N(C)CC1CCOC1. The minimum absolute atomic E-state index is 0.610. The molecule has 1 atom stereocenters. The van der Waals surface area contributed by atoms with Gasteiger partial charge in [-0.25, -0.2) is 0 Å². The average Bonchev–Trinajstić information content (AvgIpc) is 3.17. The molecule has 1 aromatic rings. The first-order valence-electron chi connectivity index (χ1n) is 8.18. The summed E-state index contributed by atoms with van der Waals surface area (Å²) in [5.74, 6) is 2.58. The normalized spacial score (nSPS) is 18.7. The smallest absolute Gasteiger partial charge is 0.193 e. The predicted molar refractivity (Wildman–Crippen MR) is 86.9 cm³/mol. The van der Waals surface area contributed by atoms with Gasteiger partial charge in [0.1, 0.15) is 12.2 Å². The summed E-state index contributed by atoms with van der Waals surface area (Å²) < 4.78 is 7.52. The zero-order chi connectivity index (χ0) is 15.8. The van der Waals surface area contributed by atoms with Gasteiger partial charge in [-0.15, -0.1) is 10.2 Å². The second-order valence-corrected chi connectivity index (χ2v) is 5.64. The van der Waals surface area contributed by atoms with Crippen LogP contribution in [0, 0.1) is 5.92 Å². The molecule has 0 bridgehead atoms. The van der Waals surface area contributed by atoms with E-state index in [-0.39, 0.29) is 0 Å². The van der Waals surface area contributed by atoms with Crippen LogP contribution in [0.4, 0.5) is 0 Å². The van der Waals surface area contributed by atoms with E-state index in [1.165, 1.54) is 0 Å². The Morgan fingerprint density at radius 1 is 1.55 bits per heavy atom. The number of aryl methyl sites for hydroxylation is 1. The maximum Gasteiger partial charge on any atom is 0.193 e. The third-order valence-electron chi connectivity index (χ3n) is 3.87. The molecule has 1 aliphatic heterocycles. The molecule has 1 N–H and O–H groups in total. The molecule has 22 heavy (non-hydrogen) atoms. The number of hydrogen-bond donors (Lipinski definition) is 1. The van der Waals surface area contributed by atoms with E-state index in [0.29, 0.717) is 5.92 Å². The van der Waals surface area contributed by atoms with E-state index >= 15 is 0 Å². The third kappa shape index (κ3) is 4.69. The molecule has 1 aromatic heterocycles. The monoisotopic (exact) mass is 308 g/mol. The summed E-state index contributed by atoms with van der Waals surface area (Å²) in [6.45, 7) is 9.33. The lowest BCUT2D eigenvalue weighted by Gasteiger charge is -2.24. The summed E-state index contributed by atoms with van der Waals surface area (Å²) in [5.41, 5.74) is 0. The van der Waals surface area contributed by atoms with Crippen molar-refractivity contribution in [2.75, 3.05) is 39.9 Å². The maximum absolute atomic E-state index is 5.45. The fourth-order valence-corrected chi connectivity index (χ4v) is 2.67. The van der Waals surface area contributed by atoms with Crippen molar-refractivity contribution in [3.05, 3.63) is 12.2 Å². The summed E-state index contributed by atoms with van der Waals surface area (Å²) in [7, 11) is 2.09. The quantitative estimate of drug-likeness (QED) is 0.595.